The van der Waals surface area contributed by atoms with Gasteiger partial charge in [0.05, 0.1) is 5.02 Å². The van der Waals surface area contributed by atoms with Crippen LogP contribution in [0, 0.1) is 0 Å². The van der Waals surface area contributed by atoms with Crippen molar-refractivity contribution in [1.29, 1.82) is 0 Å². The van der Waals surface area contributed by atoms with E-state index in [9.17, 15) is 0 Å². The first kappa shape index (κ1) is 15.2. The Balaban J connectivity index is 2.76. The Labute approximate surface area is 119 Å². The zero-order valence-corrected chi connectivity index (χ0v) is 12.8. The van der Waals surface area contributed by atoms with Crippen LogP contribution in [0.3, 0.4) is 0 Å². The average Bonchev–Trinajstić information content (AvgIpc) is 2.25. The van der Waals surface area contributed by atoms with E-state index in [-0.39, 0.29) is 5.54 Å². The summed E-state index contributed by atoms with van der Waals surface area (Å²) in [5, 5.41) is 3.94. The largest absolute Gasteiger partial charge is 0.389 e. The van der Waals surface area contributed by atoms with Gasteiger partial charge in [-0.3, -0.25) is 0 Å². The van der Waals surface area contributed by atoms with Gasteiger partial charge in [-0.1, -0.05) is 23.8 Å². The van der Waals surface area contributed by atoms with Crippen molar-refractivity contribution in [3.8, 4) is 0 Å². The van der Waals surface area contributed by atoms with Crippen molar-refractivity contribution >= 4 is 34.5 Å². The highest BCUT2D eigenvalue weighted by molar-refractivity contribution is 7.80. The molecule has 100 valence electrons. The molecule has 3 N–H and O–H groups in total. The van der Waals surface area contributed by atoms with E-state index in [1.54, 1.807) is 0 Å². The molecule has 18 heavy (non-hydrogen) atoms. The quantitative estimate of drug-likeness (QED) is 0.816. The lowest BCUT2D eigenvalue weighted by atomic mass is 10.0. The molecule has 0 saturated heterocycles. The Hall–Kier alpha value is -0.840. The lowest BCUT2D eigenvalue weighted by molar-refractivity contribution is 0.210. The Morgan fingerprint density at radius 3 is 2.50 bits per heavy atom. The Kier molecular flexibility index (Phi) is 4.96. The van der Waals surface area contributed by atoms with Crippen molar-refractivity contribution in [3.05, 3.63) is 28.8 Å². The summed E-state index contributed by atoms with van der Waals surface area (Å²) in [4.78, 5) is 2.49. The number of nitrogens with one attached hydrogen (secondary N) is 1. The molecule has 0 radical (unpaired) electrons. The van der Waals surface area contributed by atoms with Crippen molar-refractivity contribution < 1.29 is 0 Å². The molecular weight excluding hydrogens is 266 g/mol. The third-order valence-corrected chi connectivity index (χ3v) is 3.70. The van der Waals surface area contributed by atoms with Gasteiger partial charge in [-0.05, 0) is 46.1 Å². The summed E-state index contributed by atoms with van der Waals surface area (Å²) in [6.07, 6.45) is 0. The molecule has 0 amide bonds. The number of hydrogen-bond donors (Lipinski definition) is 2. The van der Waals surface area contributed by atoms with Gasteiger partial charge >= 0.3 is 0 Å². The summed E-state index contributed by atoms with van der Waals surface area (Å²) in [7, 11) is 4.12. The first-order chi connectivity index (χ1) is 8.24. The zero-order valence-electron chi connectivity index (χ0n) is 11.2. The van der Waals surface area contributed by atoms with Crippen LogP contribution < -0.4 is 11.1 Å². The first-order valence-corrected chi connectivity index (χ1v) is 6.53. The number of nitrogens with zero attached hydrogens (tertiary/aromatic N) is 1. The molecule has 0 aliphatic rings. The van der Waals surface area contributed by atoms with Gasteiger partial charge in [-0.25, -0.2) is 0 Å². The summed E-state index contributed by atoms with van der Waals surface area (Å²) in [5.41, 5.74) is 7.31. The fourth-order valence-electron chi connectivity index (χ4n) is 1.30. The standard InChI is InChI=1S/C13H20ClN3S/c1-13(2,17(3)4)8-16-9-5-6-10(12(15)18)11(14)7-9/h5-7,16H,8H2,1-4H3,(H2,15,18). The molecule has 0 bridgehead atoms. The van der Waals surface area contributed by atoms with Crippen LogP contribution in [0.15, 0.2) is 18.2 Å². The lowest BCUT2D eigenvalue weighted by Crippen LogP contribution is -2.44. The minimum Gasteiger partial charge on any atom is -0.389 e. The zero-order chi connectivity index (χ0) is 13.9. The Morgan fingerprint density at radius 1 is 1.44 bits per heavy atom. The van der Waals surface area contributed by atoms with Crippen molar-refractivity contribution in [2.24, 2.45) is 5.73 Å². The van der Waals surface area contributed by atoms with E-state index in [0.717, 1.165) is 12.2 Å². The maximum absolute atomic E-state index is 6.12. The van der Waals surface area contributed by atoms with Gasteiger partial charge in [0.15, 0.2) is 0 Å². The predicted octanol–water partition coefficient (Wildman–Crippen LogP) is 2.73. The SMILES string of the molecule is CN(C)C(C)(C)CNc1ccc(C(N)=S)c(Cl)c1. The van der Waals surface area contributed by atoms with E-state index >= 15 is 0 Å². The minimum atomic E-state index is 0.0638. The van der Waals surface area contributed by atoms with Crippen LogP contribution in [0.1, 0.15) is 19.4 Å². The molecule has 0 unspecified atom stereocenters. The fourth-order valence-corrected chi connectivity index (χ4v) is 1.82. The summed E-state index contributed by atoms with van der Waals surface area (Å²) in [6, 6.07) is 5.63. The molecule has 0 heterocycles. The number of anilines is 1. The lowest BCUT2D eigenvalue weighted by Gasteiger charge is -2.33. The predicted molar refractivity (Wildman–Crippen MR) is 83.6 cm³/mol. The number of hydrogen-bond acceptors (Lipinski definition) is 3. The second-order valence-corrected chi connectivity index (χ2v) is 5.97. The Morgan fingerprint density at radius 2 is 2.06 bits per heavy atom. The van der Waals surface area contributed by atoms with Crippen LogP contribution in [0.25, 0.3) is 0 Å². The molecule has 0 aliphatic carbocycles. The summed E-state index contributed by atoms with van der Waals surface area (Å²) in [5.74, 6) is 0. The van der Waals surface area contributed by atoms with Crippen LogP contribution in [0.5, 0.6) is 0 Å². The molecule has 0 atom stereocenters. The van der Waals surface area contributed by atoms with Crippen LogP contribution in [-0.2, 0) is 0 Å². The van der Waals surface area contributed by atoms with Crippen LogP contribution in [0.2, 0.25) is 5.02 Å². The number of benzene rings is 1. The third kappa shape index (κ3) is 3.83. The van der Waals surface area contributed by atoms with Gasteiger partial charge in [0, 0.05) is 23.3 Å². The summed E-state index contributed by atoms with van der Waals surface area (Å²) >= 11 is 11.0. The average molecular weight is 286 g/mol. The molecule has 0 aliphatic heterocycles. The number of likely N-dealkylation sites (N-methyl/N-ethyl adjacent to an activating group) is 1. The topological polar surface area (TPSA) is 41.3 Å². The molecule has 3 nitrogen and oxygen atoms in total. The first-order valence-electron chi connectivity index (χ1n) is 5.74. The maximum Gasteiger partial charge on any atom is 0.105 e. The molecule has 1 rings (SSSR count). The maximum atomic E-state index is 6.12. The molecule has 1 aromatic carbocycles. The van der Waals surface area contributed by atoms with Crippen LogP contribution in [0.4, 0.5) is 5.69 Å². The summed E-state index contributed by atoms with van der Waals surface area (Å²) in [6.45, 7) is 5.17. The van der Waals surface area contributed by atoms with Gasteiger partial charge in [-0.15, -0.1) is 0 Å². The molecule has 0 saturated carbocycles. The smallest absolute Gasteiger partial charge is 0.105 e. The van der Waals surface area contributed by atoms with Gasteiger partial charge in [-0.2, -0.15) is 0 Å². The molecular formula is C13H20ClN3S. The van der Waals surface area contributed by atoms with Crippen molar-refractivity contribution in [2.45, 2.75) is 19.4 Å². The highest BCUT2D eigenvalue weighted by atomic mass is 35.5. The molecule has 0 aromatic heterocycles. The number of thiocarbonyl (C=S) groups is 1. The molecule has 0 spiro atoms. The monoisotopic (exact) mass is 285 g/mol. The molecule has 0 fully saturated rings. The van der Waals surface area contributed by atoms with Gasteiger partial charge in [0.25, 0.3) is 0 Å². The third-order valence-electron chi connectivity index (χ3n) is 3.17. The van der Waals surface area contributed by atoms with E-state index < -0.39 is 0 Å². The minimum absolute atomic E-state index is 0.0638. The summed E-state index contributed by atoms with van der Waals surface area (Å²) < 4.78 is 0. The Bertz CT molecular complexity index is 444. The van der Waals surface area contributed by atoms with Crippen molar-refractivity contribution in [3.63, 3.8) is 0 Å². The molecule has 1 aromatic rings. The number of nitrogens with two attached hydrogens (primary N) is 1. The van der Waals surface area contributed by atoms with E-state index in [1.165, 1.54) is 0 Å². The van der Waals surface area contributed by atoms with E-state index in [0.29, 0.717) is 15.6 Å². The molecule has 5 heteroatoms. The highest BCUT2D eigenvalue weighted by Gasteiger charge is 2.19. The highest BCUT2D eigenvalue weighted by Crippen LogP contribution is 2.22. The van der Waals surface area contributed by atoms with Crippen LogP contribution in [-0.4, -0.2) is 36.1 Å². The van der Waals surface area contributed by atoms with Gasteiger partial charge in [0.2, 0.25) is 0 Å². The van der Waals surface area contributed by atoms with E-state index in [1.807, 2.05) is 18.2 Å². The van der Waals surface area contributed by atoms with Crippen LogP contribution >= 0.6 is 23.8 Å². The van der Waals surface area contributed by atoms with Gasteiger partial charge < -0.3 is 16.0 Å². The van der Waals surface area contributed by atoms with Gasteiger partial charge in [0.1, 0.15) is 4.99 Å². The fraction of sp³-hybridized carbons (Fsp3) is 0.462. The van der Waals surface area contributed by atoms with E-state index in [2.05, 4.69) is 38.2 Å². The van der Waals surface area contributed by atoms with E-state index in [4.69, 9.17) is 29.6 Å². The van der Waals surface area contributed by atoms with Crippen molar-refractivity contribution in [1.82, 2.24) is 4.90 Å². The second kappa shape index (κ2) is 5.87. The second-order valence-electron chi connectivity index (χ2n) is 5.12. The normalized spacial score (nSPS) is 11.7. The van der Waals surface area contributed by atoms with Crippen molar-refractivity contribution in [2.75, 3.05) is 26.0 Å². The number of halogens is 1. The number of rotatable bonds is 5.